The summed E-state index contributed by atoms with van der Waals surface area (Å²) in [6.07, 6.45) is 6.03. The fraction of sp³-hybridized carbons (Fsp3) is 0.800. The minimum absolute atomic E-state index is 0. The van der Waals surface area contributed by atoms with Gasteiger partial charge in [-0.05, 0) is 25.9 Å². The highest BCUT2D eigenvalue weighted by atomic mass is 35.5. The summed E-state index contributed by atoms with van der Waals surface area (Å²) < 4.78 is 0. The van der Waals surface area contributed by atoms with E-state index in [1.54, 1.807) is 0 Å². The summed E-state index contributed by atoms with van der Waals surface area (Å²) in [7, 11) is 0. The third-order valence-corrected chi connectivity index (χ3v) is 2.60. The van der Waals surface area contributed by atoms with Gasteiger partial charge in [0.2, 0.25) is 0 Å². The lowest BCUT2D eigenvalue weighted by Crippen LogP contribution is -2.35. The molecule has 1 aliphatic heterocycles. The SMILES string of the molecule is Cl.O=C(/C=N\O)NCCN1CCCCCC1. The van der Waals surface area contributed by atoms with Crippen molar-refractivity contribution in [1.29, 1.82) is 0 Å². The maximum atomic E-state index is 10.9. The predicted octanol–water partition coefficient (Wildman–Crippen LogP) is 0.860. The molecule has 0 aromatic heterocycles. The summed E-state index contributed by atoms with van der Waals surface area (Å²) in [5.74, 6) is -0.340. The molecule has 94 valence electrons. The van der Waals surface area contributed by atoms with Gasteiger partial charge in [-0.3, -0.25) is 4.79 Å². The number of likely N-dealkylation sites (tertiary alicyclic amines) is 1. The molecule has 1 fully saturated rings. The lowest BCUT2D eigenvalue weighted by atomic mass is 10.2. The Morgan fingerprint density at radius 1 is 1.31 bits per heavy atom. The normalized spacial score (nSPS) is 17.8. The van der Waals surface area contributed by atoms with E-state index in [9.17, 15) is 4.79 Å². The van der Waals surface area contributed by atoms with Crippen LogP contribution in [-0.4, -0.2) is 48.4 Å². The van der Waals surface area contributed by atoms with Crippen LogP contribution in [0.15, 0.2) is 5.16 Å². The average molecular weight is 250 g/mol. The molecule has 1 aliphatic rings. The first-order valence-corrected chi connectivity index (χ1v) is 5.50. The van der Waals surface area contributed by atoms with Gasteiger partial charge in [0.05, 0.1) is 0 Å². The van der Waals surface area contributed by atoms with Gasteiger partial charge in [0, 0.05) is 13.1 Å². The summed E-state index contributed by atoms with van der Waals surface area (Å²) in [6.45, 7) is 3.75. The molecule has 6 heteroatoms. The van der Waals surface area contributed by atoms with Crippen LogP contribution < -0.4 is 5.32 Å². The van der Waals surface area contributed by atoms with Crippen molar-refractivity contribution in [3.8, 4) is 0 Å². The lowest BCUT2D eigenvalue weighted by Gasteiger charge is -2.19. The van der Waals surface area contributed by atoms with Crippen LogP contribution in [0.1, 0.15) is 25.7 Å². The number of carbonyl (C=O) groups is 1. The van der Waals surface area contributed by atoms with E-state index in [1.165, 1.54) is 25.7 Å². The van der Waals surface area contributed by atoms with Crippen molar-refractivity contribution >= 4 is 24.5 Å². The maximum Gasteiger partial charge on any atom is 0.265 e. The fourth-order valence-corrected chi connectivity index (χ4v) is 1.80. The minimum Gasteiger partial charge on any atom is -0.411 e. The molecule has 1 rings (SSSR count). The molecule has 1 heterocycles. The Kier molecular flexibility index (Phi) is 8.94. The number of nitrogens with zero attached hydrogens (tertiary/aromatic N) is 2. The summed E-state index contributed by atoms with van der Waals surface area (Å²) >= 11 is 0. The Bertz CT molecular complexity index is 216. The Hall–Kier alpha value is -0.810. The number of rotatable bonds is 4. The summed E-state index contributed by atoms with van der Waals surface area (Å²) in [5, 5.41) is 13.4. The third-order valence-electron chi connectivity index (χ3n) is 2.60. The van der Waals surface area contributed by atoms with Gasteiger partial charge in [-0.15, -0.1) is 12.4 Å². The van der Waals surface area contributed by atoms with Gasteiger partial charge in [-0.25, -0.2) is 0 Å². The van der Waals surface area contributed by atoms with Gasteiger partial charge in [0.15, 0.2) is 0 Å². The van der Waals surface area contributed by atoms with E-state index in [0.717, 1.165) is 25.8 Å². The van der Waals surface area contributed by atoms with Crippen LogP contribution in [0.5, 0.6) is 0 Å². The fourth-order valence-electron chi connectivity index (χ4n) is 1.80. The van der Waals surface area contributed by atoms with Crippen LogP contribution in [0.2, 0.25) is 0 Å². The molecule has 0 aromatic carbocycles. The zero-order valence-corrected chi connectivity index (χ0v) is 10.2. The van der Waals surface area contributed by atoms with Crippen molar-refractivity contribution in [3.63, 3.8) is 0 Å². The smallest absolute Gasteiger partial charge is 0.265 e. The van der Waals surface area contributed by atoms with Gasteiger partial charge < -0.3 is 15.4 Å². The van der Waals surface area contributed by atoms with Crippen molar-refractivity contribution in [2.75, 3.05) is 26.2 Å². The van der Waals surface area contributed by atoms with Crippen molar-refractivity contribution in [2.45, 2.75) is 25.7 Å². The monoisotopic (exact) mass is 249 g/mol. The zero-order chi connectivity index (χ0) is 10.9. The van der Waals surface area contributed by atoms with E-state index in [4.69, 9.17) is 5.21 Å². The standard InChI is InChI=1S/C10H19N3O2.ClH/c14-10(9-12-15)11-5-8-13-6-3-1-2-4-7-13;/h9,15H,1-8H2,(H,11,14);1H/b12-9-;. The Morgan fingerprint density at radius 3 is 2.50 bits per heavy atom. The van der Waals surface area contributed by atoms with Crippen LogP contribution >= 0.6 is 12.4 Å². The molecule has 0 spiro atoms. The molecule has 16 heavy (non-hydrogen) atoms. The van der Waals surface area contributed by atoms with Gasteiger partial charge in [0.25, 0.3) is 5.91 Å². The van der Waals surface area contributed by atoms with Crippen LogP contribution in [-0.2, 0) is 4.79 Å². The summed E-state index contributed by atoms with van der Waals surface area (Å²) in [4.78, 5) is 13.3. The second kappa shape index (κ2) is 9.42. The number of hydrogen-bond acceptors (Lipinski definition) is 4. The van der Waals surface area contributed by atoms with Crippen LogP contribution in [0.4, 0.5) is 0 Å². The van der Waals surface area contributed by atoms with Crippen molar-refractivity contribution in [2.24, 2.45) is 5.16 Å². The second-order valence-electron chi connectivity index (χ2n) is 3.79. The van der Waals surface area contributed by atoms with E-state index in [2.05, 4.69) is 15.4 Å². The third kappa shape index (κ3) is 6.63. The molecule has 1 saturated heterocycles. The number of carbonyl (C=O) groups excluding carboxylic acids is 1. The second-order valence-corrected chi connectivity index (χ2v) is 3.79. The molecule has 0 aromatic rings. The number of oxime groups is 1. The van der Waals surface area contributed by atoms with E-state index >= 15 is 0 Å². The molecule has 0 aliphatic carbocycles. The maximum absolute atomic E-state index is 10.9. The predicted molar refractivity (Wildman–Crippen MR) is 65.4 cm³/mol. The number of amides is 1. The highest BCUT2D eigenvalue weighted by Gasteiger charge is 2.08. The largest absolute Gasteiger partial charge is 0.411 e. The molecule has 0 radical (unpaired) electrons. The topological polar surface area (TPSA) is 64.9 Å². The summed E-state index contributed by atoms with van der Waals surface area (Å²) in [6, 6.07) is 0. The van der Waals surface area contributed by atoms with E-state index < -0.39 is 0 Å². The number of hydrogen-bond donors (Lipinski definition) is 2. The first-order chi connectivity index (χ1) is 7.33. The highest BCUT2D eigenvalue weighted by Crippen LogP contribution is 2.08. The molecule has 0 unspecified atom stereocenters. The zero-order valence-electron chi connectivity index (χ0n) is 9.39. The number of nitrogens with one attached hydrogen (secondary N) is 1. The van der Waals surface area contributed by atoms with E-state index in [0.29, 0.717) is 6.54 Å². The first kappa shape index (κ1) is 15.2. The molecule has 5 nitrogen and oxygen atoms in total. The van der Waals surface area contributed by atoms with Crippen LogP contribution in [0.3, 0.4) is 0 Å². The Labute approximate surface area is 102 Å². The van der Waals surface area contributed by atoms with Gasteiger partial charge in [-0.2, -0.15) is 0 Å². The molecular formula is C10H20ClN3O2. The van der Waals surface area contributed by atoms with E-state index in [-0.39, 0.29) is 18.3 Å². The van der Waals surface area contributed by atoms with Crippen molar-refractivity contribution in [3.05, 3.63) is 0 Å². The van der Waals surface area contributed by atoms with Gasteiger partial charge >= 0.3 is 0 Å². The molecule has 1 amide bonds. The minimum atomic E-state index is -0.340. The van der Waals surface area contributed by atoms with Crippen LogP contribution in [0.25, 0.3) is 0 Å². The lowest BCUT2D eigenvalue weighted by molar-refractivity contribution is -0.114. The molecule has 0 saturated carbocycles. The van der Waals surface area contributed by atoms with Crippen molar-refractivity contribution < 1.29 is 10.0 Å². The summed E-state index contributed by atoms with van der Waals surface area (Å²) in [5.41, 5.74) is 0. The molecule has 0 atom stereocenters. The molecular weight excluding hydrogens is 230 g/mol. The van der Waals surface area contributed by atoms with Gasteiger partial charge in [-0.1, -0.05) is 18.0 Å². The highest BCUT2D eigenvalue weighted by molar-refractivity contribution is 6.25. The van der Waals surface area contributed by atoms with E-state index in [1.807, 2.05) is 0 Å². The Morgan fingerprint density at radius 2 is 1.94 bits per heavy atom. The molecule has 2 N–H and O–H groups in total. The number of halogens is 1. The van der Waals surface area contributed by atoms with Crippen molar-refractivity contribution in [1.82, 2.24) is 10.2 Å². The average Bonchev–Trinajstić information content (AvgIpc) is 2.47. The Balaban J connectivity index is 0.00000225. The first-order valence-electron chi connectivity index (χ1n) is 5.50. The van der Waals surface area contributed by atoms with Gasteiger partial charge in [0.1, 0.15) is 6.21 Å². The molecule has 0 bridgehead atoms. The van der Waals surface area contributed by atoms with Crippen LogP contribution in [0, 0.1) is 0 Å². The quantitative estimate of drug-likeness (QED) is 0.441.